The van der Waals surface area contributed by atoms with Crippen molar-refractivity contribution in [2.75, 3.05) is 0 Å². The first-order chi connectivity index (χ1) is 9.47. The topological polar surface area (TPSA) is 42.0 Å². The first-order valence-electron chi connectivity index (χ1n) is 6.16. The quantitative estimate of drug-likeness (QED) is 0.894. The lowest BCUT2D eigenvalue weighted by molar-refractivity contribution is 0.0939. The third-order valence-electron chi connectivity index (χ3n) is 2.95. The van der Waals surface area contributed by atoms with E-state index in [9.17, 15) is 4.79 Å². The summed E-state index contributed by atoms with van der Waals surface area (Å²) in [6.45, 7) is 3.76. The van der Waals surface area contributed by atoms with Crippen LogP contribution in [0.5, 0.6) is 0 Å². The molecule has 0 saturated carbocycles. The van der Waals surface area contributed by atoms with E-state index >= 15 is 0 Å². The van der Waals surface area contributed by atoms with Crippen molar-refractivity contribution in [3.63, 3.8) is 0 Å². The maximum atomic E-state index is 12.2. The van der Waals surface area contributed by atoms with Crippen molar-refractivity contribution < 1.29 is 4.79 Å². The van der Waals surface area contributed by atoms with Gasteiger partial charge in [-0.05, 0) is 37.6 Å². The minimum atomic E-state index is -0.224. The Labute approximate surface area is 131 Å². The van der Waals surface area contributed by atoms with Gasteiger partial charge in [-0.15, -0.1) is 0 Å². The Morgan fingerprint density at radius 2 is 2.00 bits per heavy atom. The fourth-order valence-electron chi connectivity index (χ4n) is 1.80. The molecular weight excluding hydrogens is 340 g/mol. The average molecular weight is 354 g/mol. The lowest BCUT2D eigenvalue weighted by Crippen LogP contribution is -2.27. The van der Waals surface area contributed by atoms with Gasteiger partial charge in [0.1, 0.15) is 0 Å². The SMILES string of the molecule is Cc1cc(Cl)c(C(=O)NC(C)c2ccc(Br)cc2)cn1. The average Bonchev–Trinajstić information content (AvgIpc) is 2.39. The van der Waals surface area contributed by atoms with E-state index in [4.69, 9.17) is 11.6 Å². The molecule has 0 radical (unpaired) electrons. The number of nitrogens with one attached hydrogen (secondary N) is 1. The summed E-state index contributed by atoms with van der Waals surface area (Å²) < 4.78 is 1.01. The predicted molar refractivity (Wildman–Crippen MR) is 84.0 cm³/mol. The van der Waals surface area contributed by atoms with Gasteiger partial charge in [0.2, 0.25) is 0 Å². The summed E-state index contributed by atoms with van der Waals surface area (Å²) in [6.07, 6.45) is 1.50. The summed E-state index contributed by atoms with van der Waals surface area (Å²) in [5.74, 6) is -0.224. The Balaban J connectivity index is 2.13. The molecule has 1 atom stereocenters. The van der Waals surface area contributed by atoms with Gasteiger partial charge in [0, 0.05) is 16.4 Å². The lowest BCUT2D eigenvalue weighted by Gasteiger charge is -2.15. The number of amides is 1. The Morgan fingerprint density at radius 3 is 2.60 bits per heavy atom. The number of carbonyl (C=O) groups is 1. The minimum absolute atomic E-state index is 0.104. The number of benzene rings is 1. The van der Waals surface area contributed by atoms with E-state index in [1.807, 2.05) is 38.1 Å². The van der Waals surface area contributed by atoms with Crippen LogP contribution in [0, 0.1) is 6.92 Å². The van der Waals surface area contributed by atoms with Gasteiger partial charge in [0.25, 0.3) is 5.91 Å². The third-order valence-corrected chi connectivity index (χ3v) is 3.79. The summed E-state index contributed by atoms with van der Waals surface area (Å²) in [5.41, 5.74) is 2.20. The van der Waals surface area contributed by atoms with Crippen LogP contribution in [0.3, 0.4) is 0 Å². The van der Waals surface area contributed by atoms with Gasteiger partial charge in [-0.3, -0.25) is 9.78 Å². The van der Waals surface area contributed by atoms with Crippen molar-refractivity contribution in [3.05, 3.63) is 62.8 Å². The van der Waals surface area contributed by atoms with Crippen LogP contribution in [-0.2, 0) is 0 Å². The molecule has 0 aliphatic rings. The zero-order valence-corrected chi connectivity index (χ0v) is 13.5. The summed E-state index contributed by atoms with van der Waals surface area (Å²) in [4.78, 5) is 16.3. The number of nitrogens with zero attached hydrogens (tertiary/aromatic N) is 1. The molecule has 1 heterocycles. The highest BCUT2D eigenvalue weighted by Crippen LogP contribution is 2.19. The van der Waals surface area contributed by atoms with E-state index in [2.05, 4.69) is 26.2 Å². The normalized spacial score (nSPS) is 12.0. The highest BCUT2D eigenvalue weighted by Gasteiger charge is 2.14. The number of pyridine rings is 1. The molecule has 0 spiro atoms. The standard InChI is InChI=1S/C15H14BrClN2O/c1-9-7-14(17)13(8-18-9)15(20)19-10(2)11-3-5-12(16)6-4-11/h3-8,10H,1-2H3,(H,19,20). The molecule has 0 fully saturated rings. The lowest BCUT2D eigenvalue weighted by atomic mass is 10.1. The van der Waals surface area contributed by atoms with E-state index in [1.54, 1.807) is 6.07 Å². The molecule has 3 nitrogen and oxygen atoms in total. The summed E-state index contributed by atoms with van der Waals surface area (Å²) in [5, 5.41) is 3.33. The molecule has 1 N–H and O–H groups in total. The zero-order valence-electron chi connectivity index (χ0n) is 11.2. The predicted octanol–water partition coefficient (Wildman–Crippen LogP) is 4.30. The van der Waals surface area contributed by atoms with E-state index in [1.165, 1.54) is 6.20 Å². The van der Waals surface area contributed by atoms with Gasteiger partial charge < -0.3 is 5.32 Å². The van der Waals surface area contributed by atoms with Crippen LogP contribution in [-0.4, -0.2) is 10.9 Å². The fraction of sp³-hybridized carbons (Fsp3) is 0.200. The van der Waals surface area contributed by atoms with Crippen LogP contribution >= 0.6 is 27.5 Å². The number of rotatable bonds is 3. The van der Waals surface area contributed by atoms with Crippen LogP contribution < -0.4 is 5.32 Å². The molecule has 1 amide bonds. The highest BCUT2D eigenvalue weighted by molar-refractivity contribution is 9.10. The molecule has 0 saturated heterocycles. The molecular formula is C15H14BrClN2O. The fourth-order valence-corrected chi connectivity index (χ4v) is 2.36. The van der Waals surface area contributed by atoms with Crippen molar-refractivity contribution in [3.8, 4) is 0 Å². The van der Waals surface area contributed by atoms with Gasteiger partial charge in [-0.25, -0.2) is 0 Å². The van der Waals surface area contributed by atoms with E-state index < -0.39 is 0 Å². The number of aryl methyl sites for hydroxylation is 1. The molecule has 0 aliphatic heterocycles. The molecule has 2 aromatic rings. The molecule has 1 aromatic carbocycles. The second-order valence-corrected chi connectivity index (χ2v) is 5.88. The van der Waals surface area contributed by atoms with Crippen molar-refractivity contribution >= 4 is 33.4 Å². The number of halogens is 2. The number of aromatic nitrogens is 1. The monoisotopic (exact) mass is 352 g/mol. The van der Waals surface area contributed by atoms with Crippen molar-refractivity contribution in [1.29, 1.82) is 0 Å². The van der Waals surface area contributed by atoms with E-state index in [0.717, 1.165) is 15.7 Å². The van der Waals surface area contributed by atoms with Crippen molar-refractivity contribution in [1.82, 2.24) is 10.3 Å². The molecule has 5 heteroatoms. The Kier molecular flexibility index (Phi) is 4.78. The molecule has 104 valence electrons. The minimum Gasteiger partial charge on any atom is -0.345 e. The Bertz CT molecular complexity index is 628. The summed E-state index contributed by atoms with van der Waals surface area (Å²) >= 11 is 9.45. The Hall–Kier alpha value is -1.39. The van der Waals surface area contributed by atoms with Gasteiger partial charge in [0.15, 0.2) is 0 Å². The molecule has 1 aromatic heterocycles. The maximum absolute atomic E-state index is 12.2. The first kappa shape index (κ1) is 15.0. The number of carbonyl (C=O) groups excluding carboxylic acids is 1. The zero-order chi connectivity index (χ0) is 14.7. The van der Waals surface area contributed by atoms with Gasteiger partial charge >= 0.3 is 0 Å². The van der Waals surface area contributed by atoms with Crippen LogP contribution in [0.25, 0.3) is 0 Å². The van der Waals surface area contributed by atoms with E-state index in [-0.39, 0.29) is 11.9 Å². The number of hydrogen-bond donors (Lipinski definition) is 1. The first-order valence-corrected chi connectivity index (χ1v) is 7.33. The third kappa shape index (κ3) is 3.58. The van der Waals surface area contributed by atoms with Gasteiger partial charge in [-0.2, -0.15) is 0 Å². The second-order valence-electron chi connectivity index (χ2n) is 4.55. The molecule has 0 aliphatic carbocycles. The molecule has 1 unspecified atom stereocenters. The summed E-state index contributed by atoms with van der Waals surface area (Å²) in [6, 6.07) is 9.39. The maximum Gasteiger partial charge on any atom is 0.254 e. The highest BCUT2D eigenvalue weighted by atomic mass is 79.9. The van der Waals surface area contributed by atoms with Crippen molar-refractivity contribution in [2.45, 2.75) is 19.9 Å². The molecule has 20 heavy (non-hydrogen) atoms. The smallest absolute Gasteiger partial charge is 0.254 e. The molecule has 0 bridgehead atoms. The largest absolute Gasteiger partial charge is 0.345 e. The van der Waals surface area contributed by atoms with Crippen LogP contribution in [0.4, 0.5) is 0 Å². The van der Waals surface area contributed by atoms with Gasteiger partial charge in [-0.1, -0.05) is 39.7 Å². The van der Waals surface area contributed by atoms with Crippen molar-refractivity contribution in [2.24, 2.45) is 0 Å². The van der Waals surface area contributed by atoms with E-state index in [0.29, 0.717) is 10.6 Å². The van der Waals surface area contributed by atoms with Crippen LogP contribution in [0.15, 0.2) is 41.0 Å². The Morgan fingerprint density at radius 1 is 1.35 bits per heavy atom. The number of hydrogen-bond acceptors (Lipinski definition) is 2. The van der Waals surface area contributed by atoms with Gasteiger partial charge in [0.05, 0.1) is 16.6 Å². The van der Waals surface area contributed by atoms with Crippen LogP contribution in [0.1, 0.15) is 34.6 Å². The second kappa shape index (κ2) is 6.37. The van der Waals surface area contributed by atoms with Crippen LogP contribution in [0.2, 0.25) is 5.02 Å². The molecule has 2 rings (SSSR count). The summed E-state index contributed by atoms with van der Waals surface area (Å²) in [7, 11) is 0.